The van der Waals surface area contributed by atoms with Gasteiger partial charge in [0, 0.05) is 7.92 Å². The van der Waals surface area contributed by atoms with Gasteiger partial charge in [-0.1, -0.05) is 30.3 Å². The van der Waals surface area contributed by atoms with Crippen LogP contribution in [0.1, 0.15) is 26.3 Å². The fourth-order valence-corrected chi connectivity index (χ4v) is 2.90. The summed E-state index contributed by atoms with van der Waals surface area (Å²) in [5.41, 5.74) is 1.44. The van der Waals surface area contributed by atoms with Crippen molar-refractivity contribution in [2.75, 3.05) is 19.8 Å². The van der Waals surface area contributed by atoms with E-state index in [4.69, 9.17) is 20.3 Å². The number of alkyl carbamates (subject to hydrolysis) is 1. The summed E-state index contributed by atoms with van der Waals surface area (Å²) in [4.78, 5) is 23.4. The van der Waals surface area contributed by atoms with Crippen LogP contribution in [-0.4, -0.2) is 32.0 Å². The van der Waals surface area contributed by atoms with Crippen LogP contribution < -0.4 is 14.8 Å². The number of nitrogens with one attached hydrogen (secondary N) is 1. The molecule has 0 aliphatic heterocycles. The van der Waals surface area contributed by atoms with Gasteiger partial charge in [-0.3, -0.25) is 0 Å². The normalized spacial score (nSPS) is 11.8. The Kier molecular flexibility index (Phi) is 8.65. The van der Waals surface area contributed by atoms with Crippen LogP contribution in [0.15, 0.2) is 46.9 Å². The predicted molar refractivity (Wildman–Crippen MR) is 111 cm³/mol. The summed E-state index contributed by atoms with van der Waals surface area (Å²) in [6.07, 6.45) is -2.30. The quantitative estimate of drug-likeness (QED) is 0.419. The van der Waals surface area contributed by atoms with Gasteiger partial charge in [-0.05, 0) is 59.4 Å². The highest BCUT2D eigenvalue weighted by molar-refractivity contribution is 9.10. The third-order valence-electron chi connectivity index (χ3n) is 3.57. The van der Waals surface area contributed by atoms with Gasteiger partial charge >= 0.3 is 12.2 Å². The summed E-state index contributed by atoms with van der Waals surface area (Å²) in [6.45, 7) is 4.04. The molecule has 1 amide bonds. The Bertz CT molecular complexity index is 849. The van der Waals surface area contributed by atoms with Crippen LogP contribution in [0.25, 0.3) is 0 Å². The van der Waals surface area contributed by atoms with Crippen molar-refractivity contribution in [3.05, 3.63) is 58.1 Å². The summed E-state index contributed by atoms with van der Waals surface area (Å²) < 4.78 is 29.6. The molecule has 0 bridgehead atoms. The minimum Gasteiger partial charge on any atom is -0.484 e. The van der Waals surface area contributed by atoms with E-state index in [0.29, 0.717) is 15.8 Å². The van der Waals surface area contributed by atoms with E-state index in [2.05, 4.69) is 21.2 Å². The Morgan fingerprint density at radius 3 is 2.48 bits per heavy atom. The number of hydrogen-bond donors (Lipinski definition) is 1. The lowest BCUT2D eigenvalue weighted by Gasteiger charge is -2.15. The van der Waals surface area contributed by atoms with Crippen LogP contribution in [-0.2, 0) is 22.5 Å². The number of hydrogen-bond acceptors (Lipinski definition) is 6. The second kappa shape index (κ2) is 12.0. The SMILES string of the molecule is [2H]C(CNC(=O)OCC)c1cc(Br)c(OCc2ccccc2)c(OC(=O)OCC)c1. The van der Waals surface area contributed by atoms with Gasteiger partial charge in [-0.15, -0.1) is 0 Å². The number of rotatable bonds is 9. The van der Waals surface area contributed by atoms with Crippen molar-refractivity contribution >= 4 is 28.2 Å². The third kappa shape index (κ3) is 7.65. The summed E-state index contributed by atoms with van der Waals surface area (Å²) in [7, 11) is 0. The molecule has 0 aliphatic carbocycles. The average Bonchev–Trinajstić information content (AvgIpc) is 2.72. The van der Waals surface area contributed by atoms with Crippen molar-refractivity contribution in [2.24, 2.45) is 0 Å². The van der Waals surface area contributed by atoms with Gasteiger partial charge in [0.05, 0.1) is 17.7 Å². The monoisotopic (exact) mass is 466 g/mol. The molecule has 0 aromatic heterocycles. The van der Waals surface area contributed by atoms with E-state index in [-0.39, 0.29) is 32.1 Å². The summed E-state index contributed by atoms with van der Waals surface area (Å²) in [5.74, 6) is 0.420. The minimum absolute atomic E-state index is 0.0222. The molecule has 1 atom stereocenters. The summed E-state index contributed by atoms with van der Waals surface area (Å²) in [5, 5.41) is 2.52. The number of ether oxygens (including phenoxy) is 4. The smallest absolute Gasteiger partial charge is 0.484 e. The number of carbonyl (C=O) groups is 2. The molecule has 0 fully saturated rings. The molecule has 1 N–H and O–H groups in total. The van der Waals surface area contributed by atoms with Crippen molar-refractivity contribution in [3.8, 4) is 11.5 Å². The van der Waals surface area contributed by atoms with E-state index in [1.807, 2.05) is 30.3 Å². The molecule has 0 radical (unpaired) electrons. The first kappa shape index (κ1) is 21.0. The molecule has 156 valence electrons. The third-order valence-corrected chi connectivity index (χ3v) is 4.16. The largest absolute Gasteiger partial charge is 0.513 e. The Balaban J connectivity index is 2.22. The molecule has 0 aliphatic rings. The maximum Gasteiger partial charge on any atom is 0.513 e. The molecule has 2 aromatic carbocycles. The topological polar surface area (TPSA) is 83.1 Å². The zero-order chi connectivity index (χ0) is 21.9. The highest BCUT2D eigenvalue weighted by Gasteiger charge is 2.17. The molecule has 2 aromatic rings. The average molecular weight is 467 g/mol. The highest BCUT2D eigenvalue weighted by Crippen LogP contribution is 2.37. The van der Waals surface area contributed by atoms with Gasteiger partial charge < -0.3 is 24.3 Å². The summed E-state index contributed by atoms with van der Waals surface area (Å²) >= 11 is 3.42. The van der Waals surface area contributed by atoms with Crippen LogP contribution in [0, 0.1) is 0 Å². The maximum atomic E-state index is 11.9. The molecular formula is C21H24BrNO6. The van der Waals surface area contributed by atoms with Gasteiger partial charge in [0.15, 0.2) is 11.5 Å². The number of carbonyl (C=O) groups excluding carboxylic acids is 2. The first-order valence-corrected chi connectivity index (χ1v) is 9.91. The first-order chi connectivity index (χ1) is 14.4. The van der Waals surface area contributed by atoms with Crippen LogP contribution >= 0.6 is 15.9 Å². The highest BCUT2D eigenvalue weighted by atomic mass is 79.9. The zero-order valence-electron chi connectivity index (χ0n) is 17.3. The lowest BCUT2D eigenvalue weighted by Crippen LogP contribution is -2.26. The van der Waals surface area contributed by atoms with E-state index < -0.39 is 18.6 Å². The number of benzene rings is 2. The fourth-order valence-electron chi connectivity index (χ4n) is 2.32. The lowest BCUT2D eigenvalue weighted by atomic mass is 10.1. The number of halogens is 1. The van der Waals surface area contributed by atoms with E-state index in [0.717, 1.165) is 5.56 Å². The standard InChI is InChI=1S/C21H24BrNO6/c1-3-26-20(24)23-11-10-16-12-17(22)19(18(13-16)29-21(25)27-4-2)28-14-15-8-6-5-7-9-15/h5-9,12-13H,3-4,10-11,14H2,1-2H3,(H,23,24)/i10D. The molecule has 29 heavy (non-hydrogen) atoms. The van der Waals surface area contributed by atoms with E-state index in [9.17, 15) is 9.59 Å². The van der Waals surface area contributed by atoms with Gasteiger partial charge in [0.1, 0.15) is 6.61 Å². The molecule has 0 saturated carbocycles. The Morgan fingerprint density at radius 2 is 1.79 bits per heavy atom. The molecule has 0 spiro atoms. The number of amides is 1. The van der Waals surface area contributed by atoms with Gasteiger partial charge in [0.25, 0.3) is 0 Å². The molecular weight excluding hydrogens is 442 g/mol. The molecule has 0 heterocycles. The second-order valence-corrected chi connectivity index (χ2v) is 6.55. The van der Waals surface area contributed by atoms with Crippen molar-refractivity contribution < 1.29 is 29.9 Å². The van der Waals surface area contributed by atoms with Crippen molar-refractivity contribution in [3.63, 3.8) is 0 Å². The van der Waals surface area contributed by atoms with Crippen LogP contribution in [0.5, 0.6) is 11.5 Å². The van der Waals surface area contributed by atoms with E-state index in [1.54, 1.807) is 19.9 Å². The Labute approximate surface area is 179 Å². The second-order valence-electron chi connectivity index (χ2n) is 5.69. The Hall–Kier alpha value is -2.74. The lowest BCUT2D eigenvalue weighted by molar-refractivity contribution is 0.102. The Morgan fingerprint density at radius 1 is 1.07 bits per heavy atom. The van der Waals surface area contributed by atoms with E-state index in [1.165, 1.54) is 6.07 Å². The minimum atomic E-state index is -0.878. The molecule has 0 saturated heterocycles. The van der Waals surface area contributed by atoms with Crippen LogP contribution in [0.2, 0.25) is 0 Å². The van der Waals surface area contributed by atoms with Crippen LogP contribution in [0.4, 0.5) is 9.59 Å². The summed E-state index contributed by atoms with van der Waals surface area (Å²) in [6, 6.07) is 12.7. The van der Waals surface area contributed by atoms with Gasteiger partial charge in [-0.25, -0.2) is 9.59 Å². The fraction of sp³-hybridized carbons (Fsp3) is 0.333. The molecule has 7 nitrogen and oxygen atoms in total. The predicted octanol–water partition coefficient (Wildman–Crippen LogP) is 4.85. The van der Waals surface area contributed by atoms with Crippen molar-refractivity contribution in [2.45, 2.75) is 26.9 Å². The van der Waals surface area contributed by atoms with E-state index >= 15 is 0 Å². The van der Waals surface area contributed by atoms with Crippen LogP contribution in [0.3, 0.4) is 0 Å². The maximum absolute atomic E-state index is 11.9. The van der Waals surface area contributed by atoms with Gasteiger partial charge in [0.2, 0.25) is 0 Å². The molecule has 2 rings (SSSR count). The molecule has 8 heteroatoms. The first-order valence-electron chi connectivity index (χ1n) is 9.69. The van der Waals surface area contributed by atoms with Crippen molar-refractivity contribution in [1.82, 2.24) is 5.32 Å². The van der Waals surface area contributed by atoms with Crippen molar-refractivity contribution in [1.29, 1.82) is 0 Å². The van der Waals surface area contributed by atoms with Gasteiger partial charge in [-0.2, -0.15) is 0 Å². The zero-order valence-corrected chi connectivity index (χ0v) is 17.9. The molecule has 1 unspecified atom stereocenters.